The topological polar surface area (TPSA) is 77.5 Å². The summed E-state index contributed by atoms with van der Waals surface area (Å²) in [4.78, 5) is 31.4. The normalized spacial score (nSPS) is 27.1. The third-order valence-corrected chi connectivity index (χ3v) is 9.25. The molecule has 2 saturated heterocycles. The van der Waals surface area contributed by atoms with E-state index in [0.717, 1.165) is 80.9 Å². The van der Waals surface area contributed by atoms with Crippen LogP contribution >= 0.6 is 0 Å². The smallest absolute Gasteiger partial charge is 0.246 e. The van der Waals surface area contributed by atoms with E-state index in [1.807, 2.05) is 34.1 Å². The van der Waals surface area contributed by atoms with Gasteiger partial charge in [0.25, 0.3) is 0 Å². The van der Waals surface area contributed by atoms with Crippen LogP contribution in [-0.4, -0.2) is 61.4 Å². The predicted octanol–water partition coefficient (Wildman–Crippen LogP) is 4.84. The summed E-state index contributed by atoms with van der Waals surface area (Å²) in [5, 5.41) is 0. The van der Waals surface area contributed by atoms with Crippen molar-refractivity contribution in [1.29, 1.82) is 0 Å². The van der Waals surface area contributed by atoms with Gasteiger partial charge in [0.1, 0.15) is 0 Å². The maximum atomic E-state index is 14.3. The van der Waals surface area contributed by atoms with Crippen LogP contribution in [0, 0.1) is 11.8 Å². The van der Waals surface area contributed by atoms with Crippen molar-refractivity contribution >= 4 is 11.8 Å². The summed E-state index contributed by atoms with van der Waals surface area (Å²) in [6, 6.07) is 12.0. The molecule has 2 amide bonds. The molecule has 4 heterocycles. The number of hydrogen-bond acceptors (Lipinski definition) is 6. The Morgan fingerprint density at radius 1 is 0.650 bits per heavy atom. The van der Waals surface area contributed by atoms with Crippen LogP contribution < -0.4 is 18.9 Å². The number of allylic oxidation sites excluding steroid dienone is 1. The Labute approximate surface area is 234 Å². The number of piperidine rings is 2. The SMILES string of the molecule is O=C(C=CC1[C@@H](c2ccc3c(c2)OCO3)C(C(=O)N2CCCCC2)[C@@H]1c1ccc2c(c1)OCO2)N1CCCCC1. The average molecular weight is 545 g/mol. The van der Waals surface area contributed by atoms with Crippen LogP contribution in [0.1, 0.15) is 61.5 Å². The number of nitrogens with zero attached hydrogens (tertiary/aromatic N) is 2. The summed E-state index contributed by atoms with van der Waals surface area (Å²) in [5.74, 6) is 2.61. The van der Waals surface area contributed by atoms with E-state index >= 15 is 0 Å². The summed E-state index contributed by atoms with van der Waals surface area (Å²) in [6.07, 6.45) is 10.3. The molecule has 2 aromatic carbocycles. The van der Waals surface area contributed by atoms with Gasteiger partial charge in [-0.25, -0.2) is 0 Å². The molecule has 8 heteroatoms. The Morgan fingerprint density at radius 2 is 1.15 bits per heavy atom. The van der Waals surface area contributed by atoms with Gasteiger partial charge in [-0.2, -0.15) is 0 Å². The maximum absolute atomic E-state index is 14.3. The highest BCUT2D eigenvalue weighted by atomic mass is 16.7. The van der Waals surface area contributed by atoms with E-state index in [1.165, 1.54) is 6.42 Å². The van der Waals surface area contributed by atoms with Crippen LogP contribution in [0.5, 0.6) is 23.0 Å². The molecule has 8 nitrogen and oxygen atoms in total. The van der Waals surface area contributed by atoms with Crippen molar-refractivity contribution < 1.29 is 28.5 Å². The third kappa shape index (κ3) is 4.57. The standard InChI is InChI=1S/C32H36N2O6/c35-28(33-13-3-1-4-14-33)12-9-23-29(21-7-10-24-26(17-21)39-19-37-24)31(32(36)34-15-5-2-6-16-34)30(23)22-8-11-25-27(18-22)40-20-38-25/h7-12,17-18,23,29-31H,1-6,13-16,19-20H2/t23?,29-,30-,31?/m1/s1. The number of benzene rings is 2. The van der Waals surface area contributed by atoms with Crippen LogP contribution in [0.4, 0.5) is 0 Å². The molecule has 0 aromatic heterocycles. The Bertz CT molecular complexity index is 1250. The second-order valence-electron chi connectivity index (χ2n) is 11.5. The fraction of sp³-hybridized carbons (Fsp3) is 0.500. The molecule has 2 atom stereocenters. The Hall–Kier alpha value is -3.68. The number of carbonyl (C=O) groups excluding carboxylic acids is 2. The highest BCUT2D eigenvalue weighted by molar-refractivity contribution is 5.88. The lowest BCUT2D eigenvalue weighted by Crippen LogP contribution is -2.52. The van der Waals surface area contributed by atoms with E-state index in [2.05, 4.69) is 18.2 Å². The number of rotatable bonds is 5. The lowest BCUT2D eigenvalue weighted by atomic mass is 9.52. The first-order chi connectivity index (χ1) is 19.7. The summed E-state index contributed by atoms with van der Waals surface area (Å²) in [6.45, 7) is 3.61. The number of carbonyl (C=O) groups is 2. The van der Waals surface area contributed by atoms with Crippen molar-refractivity contribution in [1.82, 2.24) is 9.80 Å². The molecule has 210 valence electrons. The molecule has 3 fully saturated rings. The molecule has 0 unspecified atom stereocenters. The highest BCUT2D eigenvalue weighted by Crippen LogP contribution is 2.60. The van der Waals surface area contributed by atoms with Crippen LogP contribution in [0.25, 0.3) is 0 Å². The third-order valence-electron chi connectivity index (χ3n) is 9.25. The zero-order chi connectivity index (χ0) is 27.1. The van der Waals surface area contributed by atoms with Crippen molar-refractivity contribution in [3.63, 3.8) is 0 Å². The van der Waals surface area contributed by atoms with Crippen molar-refractivity contribution in [2.45, 2.75) is 50.4 Å². The van der Waals surface area contributed by atoms with Gasteiger partial charge in [0.2, 0.25) is 25.4 Å². The number of hydrogen-bond donors (Lipinski definition) is 0. The second-order valence-corrected chi connectivity index (χ2v) is 11.5. The molecule has 1 aliphatic carbocycles. The lowest BCUT2D eigenvalue weighted by molar-refractivity contribution is -0.143. The van der Waals surface area contributed by atoms with Gasteiger partial charge in [0.05, 0.1) is 5.92 Å². The number of likely N-dealkylation sites (tertiary alicyclic amines) is 2. The number of amides is 2. The number of ether oxygens (including phenoxy) is 4. The van der Waals surface area contributed by atoms with Gasteiger partial charge >= 0.3 is 0 Å². The zero-order valence-corrected chi connectivity index (χ0v) is 22.8. The van der Waals surface area contributed by atoms with Gasteiger partial charge in [0.15, 0.2) is 23.0 Å². The van der Waals surface area contributed by atoms with Gasteiger partial charge in [0, 0.05) is 38.0 Å². The van der Waals surface area contributed by atoms with Gasteiger partial charge in [-0.1, -0.05) is 18.2 Å². The molecule has 0 spiro atoms. The monoisotopic (exact) mass is 544 g/mol. The molecule has 0 bridgehead atoms. The van der Waals surface area contributed by atoms with Crippen LogP contribution in [-0.2, 0) is 9.59 Å². The Kier molecular flexibility index (Phi) is 6.77. The molecule has 0 N–H and O–H groups in total. The zero-order valence-electron chi connectivity index (χ0n) is 22.8. The van der Waals surface area contributed by atoms with E-state index in [1.54, 1.807) is 6.08 Å². The molecule has 7 rings (SSSR count). The summed E-state index contributed by atoms with van der Waals surface area (Å²) in [5.41, 5.74) is 2.08. The quantitative estimate of drug-likeness (QED) is 0.502. The minimum Gasteiger partial charge on any atom is -0.454 e. The van der Waals surface area contributed by atoms with Gasteiger partial charge in [-0.3, -0.25) is 9.59 Å². The number of fused-ring (bicyclic) bond motifs is 2. The first kappa shape index (κ1) is 25.3. The highest BCUT2D eigenvalue weighted by Gasteiger charge is 2.55. The van der Waals surface area contributed by atoms with Crippen molar-refractivity contribution in [3.8, 4) is 23.0 Å². The van der Waals surface area contributed by atoms with Gasteiger partial charge in [-0.05, 0) is 85.9 Å². The summed E-state index contributed by atoms with van der Waals surface area (Å²) >= 11 is 0. The van der Waals surface area contributed by atoms with Crippen LogP contribution in [0.2, 0.25) is 0 Å². The minimum absolute atomic E-state index is 0.0479. The minimum atomic E-state index is -0.265. The van der Waals surface area contributed by atoms with Gasteiger partial charge in [-0.15, -0.1) is 0 Å². The van der Waals surface area contributed by atoms with Crippen molar-refractivity contribution in [2.24, 2.45) is 11.8 Å². The predicted molar refractivity (Wildman–Crippen MR) is 148 cm³/mol. The molecule has 4 aliphatic heterocycles. The summed E-state index contributed by atoms with van der Waals surface area (Å²) in [7, 11) is 0. The van der Waals surface area contributed by atoms with Gasteiger partial charge < -0.3 is 28.7 Å². The van der Waals surface area contributed by atoms with E-state index in [9.17, 15) is 9.59 Å². The molecular weight excluding hydrogens is 508 g/mol. The fourth-order valence-corrected chi connectivity index (χ4v) is 7.16. The lowest BCUT2D eigenvalue weighted by Gasteiger charge is -2.52. The molecule has 1 saturated carbocycles. The van der Waals surface area contributed by atoms with E-state index < -0.39 is 0 Å². The van der Waals surface area contributed by atoms with Crippen molar-refractivity contribution in [2.75, 3.05) is 39.8 Å². The van der Waals surface area contributed by atoms with E-state index in [0.29, 0.717) is 11.5 Å². The maximum Gasteiger partial charge on any atom is 0.246 e. The molecule has 5 aliphatic rings. The Morgan fingerprint density at radius 3 is 1.70 bits per heavy atom. The molecule has 40 heavy (non-hydrogen) atoms. The van der Waals surface area contributed by atoms with Crippen molar-refractivity contribution in [3.05, 3.63) is 59.7 Å². The largest absolute Gasteiger partial charge is 0.454 e. The van der Waals surface area contributed by atoms with E-state index in [-0.39, 0.29) is 49.1 Å². The summed E-state index contributed by atoms with van der Waals surface area (Å²) < 4.78 is 22.6. The van der Waals surface area contributed by atoms with Crippen LogP contribution in [0.3, 0.4) is 0 Å². The molecule has 0 radical (unpaired) electrons. The first-order valence-electron chi connectivity index (χ1n) is 14.7. The molecule has 2 aromatic rings. The Balaban J connectivity index is 1.27. The van der Waals surface area contributed by atoms with Crippen LogP contribution in [0.15, 0.2) is 48.6 Å². The second kappa shape index (κ2) is 10.7. The molecular formula is C32H36N2O6. The first-order valence-corrected chi connectivity index (χ1v) is 14.7. The average Bonchev–Trinajstić information content (AvgIpc) is 3.66. The fourth-order valence-electron chi connectivity index (χ4n) is 7.16. The van der Waals surface area contributed by atoms with E-state index in [4.69, 9.17) is 18.9 Å².